The van der Waals surface area contributed by atoms with Crippen molar-refractivity contribution in [3.63, 3.8) is 0 Å². The summed E-state index contributed by atoms with van der Waals surface area (Å²) >= 11 is 0. The highest BCUT2D eigenvalue weighted by atomic mass is 16.5. The third kappa shape index (κ3) is 6.52. The molecule has 1 saturated heterocycles. The molecule has 1 aromatic heterocycles. The molecule has 2 aromatic rings. The van der Waals surface area contributed by atoms with Crippen LogP contribution in [0, 0.1) is 40.9 Å². The van der Waals surface area contributed by atoms with Gasteiger partial charge in [0.25, 0.3) is 0 Å². The Kier molecular flexibility index (Phi) is 9.65. The number of amides is 1. The summed E-state index contributed by atoms with van der Waals surface area (Å²) in [5.41, 5.74) is 2.82. The minimum atomic E-state index is -0.553. The summed E-state index contributed by atoms with van der Waals surface area (Å²) in [7, 11) is 0. The van der Waals surface area contributed by atoms with Gasteiger partial charge in [-0.25, -0.2) is 4.98 Å². The number of fused-ring (bicyclic) bond motifs is 9. The fourth-order valence-corrected chi connectivity index (χ4v) is 9.83. The maximum Gasteiger partial charge on any atom is 0.227 e. The van der Waals surface area contributed by atoms with E-state index in [2.05, 4.69) is 58.9 Å². The molecule has 3 heterocycles. The Labute approximate surface area is 276 Å². The molecule has 4 aliphatic rings. The first-order valence-electron chi connectivity index (χ1n) is 18.4. The van der Waals surface area contributed by atoms with Gasteiger partial charge in [0.2, 0.25) is 5.91 Å². The Morgan fingerprint density at radius 1 is 0.978 bits per heavy atom. The molecule has 0 spiro atoms. The van der Waals surface area contributed by atoms with E-state index >= 15 is 0 Å². The Balaban J connectivity index is 1.38. The van der Waals surface area contributed by atoms with Crippen LogP contribution < -0.4 is 4.74 Å². The highest BCUT2D eigenvalue weighted by Gasteiger charge is 2.51. The smallest absolute Gasteiger partial charge is 0.227 e. The van der Waals surface area contributed by atoms with Crippen LogP contribution in [0.5, 0.6) is 5.75 Å². The number of ether oxygens (including phenoxy) is 1. The monoisotopic (exact) mass is 628 g/mol. The molecule has 6 rings (SSSR count). The number of benzene rings is 1. The van der Waals surface area contributed by atoms with Crippen molar-refractivity contribution in [2.75, 3.05) is 6.54 Å². The molecular formula is C40H56N2O4. The molecule has 4 bridgehead atoms. The number of aromatic nitrogens is 1. The van der Waals surface area contributed by atoms with Crippen LogP contribution in [0.25, 0.3) is 10.9 Å². The molecular weight excluding hydrogens is 572 g/mol. The number of hydrogen-bond acceptors (Lipinski definition) is 5. The van der Waals surface area contributed by atoms with E-state index in [0.29, 0.717) is 30.7 Å². The summed E-state index contributed by atoms with van der Waals surface area (Å²) in [4.78, 5) is 48.7. The van der Waals surface area contributed by atoms with Crippen molar-refractivity contribution in [1.82, 2.24) is 9.88 Å². The SMILES string of the molecule is CCc1ccc2nc3c(cc2c1)O[C@H]1CN(C(=O)[C@H](C(C)(C)C)CC(=O)C[C@@H]2[C@H]4CC[C@H](C4)[C@H]2CCCCC3)[C@H](C(C)=O)[C@@H]1CC. The summed E-state index contributed by atoms with van der Waals surface area (Å²) in [6, 6.07) is 8.08. The Morgan fingerprint density at radius 2 is 1.74 bits per heavy atom. The highest BCUT2D eigenvalue weighted by Crippen LogP contribution is 2.55. The van der Waals surface area contributed by atoms with Crippen LogP contribution in [-0.2, 0) is 27.2 Å². The summed E-state index contributed by atoms with van der Waals surface area (Å²) in [6.45, 7) is 12.4. The van der Waals surface area contributed by atoms with Crippen LogP contribution in [0.15, 0.2) is 24.3 Å². The lowest BCUT2D eigenvalue weighted by atomic mass is 9.72. The molecule has 0 N–H and O–H groups in total. The molecule has 6 heteroatoms. The van der Waals surface area contributed by atoms with E-state index < -0.39 is 17.4 Å². The average Bonchev–Trinajstić information content (AvgIpc) is 3.72. The van der Waals surface area contributed by atoms with E-state index in [4.69, 9.17) is 9.72 Å². The number of ketones is 2. The van der Waals surface area contributed by atoms with Gasteiger partial charge in [0, 0.05) is 30.1 Å². The van der Waals surface area contributed by atoms with Gasteiger partial charge >= 0.3 is 0 Å². The van der Waals surface area contributed by atoms with Gasteiger partial charge in [0.05, 0.1) is 23.8 Å². The minimum Gasteiger partial charge on any atom is -0.486 e. The molecule has 0 unspecified atom stereocenters. The standard InChI is InChI=1S/C40H56N2O4/c1-7-25-14-17-34-28(18-25)20-36-35(41-34)13-11-9-10-12-31-26-15-16-27(19-26)32(31)21-29(44)22-33(40(4,5)6)39(45)42-23-37(46-36)30(8-2)38(42)24(3)43/h14,17-18,20,26-27,30-33,37-38H,7-13,15-16,19,21-23H2,1-6H3/t26-,27+,30-,31-,32-,33-,37+,38-/m1/s1. The third-order valence-corrected chi connectivity index (χ3v) is 12.3. The van der Waals surface area contributed by atoms with Crippen molar-refractivity contribution in [1.29, 1.82) is 0 Å². The highest BCUT2D eigenvalue weighted by molar-refractivity contribution is 5.92. The van der Waals surface area contributed by atoms with Crippen LogP contribution in [0.3, 0.4) is 0 Å². The molecule has 250 valence electrons. The maximum atomic E-state index is 14.6. The summed E-state index contributed by atoms with van der Waals surface area (Å²) in [6.07, 6.45) is 11.5. The lowest BCUT2D eigenvalue weighted by molar-refractivity contribution is -0.146. The van der Waals surface area contributed by atoms with Crippen molar-refractivity contribution in [2.45, 2.75) is 131 Å². The lowest BCUT2D eigenvalue weighted by Gasteiger charge is -2.36. The third-order valence-electron chi connectivity index (χ3n) is 12.3. The number of carbonyl (C=O) groups is 3. The predicted octanol–water partition coefficient (Wildman–Crippen LogP) is 8.16. The van der Waals surface area contributed by atoms with E-state index in [1.165, 1.54) is 37.7 Å². The summed E-state index contributed by atoms with van der Waals surface area (Å²) in [5, 5.41) is 1.07. The summed E-state index contributed by atoms with van der Waals surface area (Å²) in [5.74, 6) is 2.85. The number of hydrogen-bond donors (Lipinski definition) is 0. The fourth-order valence-electron chi connectivity index (χ4n) is 9.83. The first kappa shape index (κ1) is 33.2. The second-order valence-corrected chi connectivity index (χ2v) is 16.2. The molecule has 0 radical (unpaired) electrons. The first-order chi connectivity index (χ1) is 22.0. The van der Waals surface area contributed by atoms with Gasteiger partial charge in [0.1, 0.15) is 17.6 Å². The van der Waals surface area contributed by atoms with Gasteiger partial charge in [0.15, 0.2) is 5.78 Å². The molecule has 2 aliphatic heterocycles. The van der Waals surface area contributed by atoms with Gasteiger partial charge in [-0.3, -0.25) is 14.4 Å². The molecule has 8 atom stereocenters. The molecule has 6 nitrogen and oxygen atoms in total. The number of aryl methyl sites for hydroxylation is 2. The van der Waals surface area contributed by atoms with Crippen molar-refractivity contribution in [2.24, 2.45) is 40.9 Å². The zero-order valence-electron chi connectivity index (χ0n) is 29.1. The number of nitrogens with zero attached hydrogens (tertiary/aromatic N) is 2. The van der Waals surface area contributed by atoms with Crippen LogP contribution >= 0.6 is 0 Å². The maximum absolute atomic E-state index is 14.6. The lowest BCUT2D eigenvalue weighted by Crippen LogP contribution is -2.48. The van der Waals surface area contributed by atoms with Crippen LogP contribution in [-0.4, -0.2) is 46.0 Å². The first-order valence-corrected chi connectivity index (χ1v) is 18.4. The van der Waals surface area contributed by atoms with Gasteiger partial charge in [-0.2, -0.15) is 0 Å². The van der Waals surface area contributed by atoms with E-state index in [9.17, 15) is 14.4 Å². The number of rotatable bonds is 3. The van der Waals surface area contributed by atoms with Crippen molar-refractivity contribution in [3.8, 4) is 5.75 Å². The molecule has 2 saturated carbocycles. The Bertz CT molecular complexity index is 1460. The van der Waals surface area contributed by atoms with E-state index in [1.807, 2.05) is 0 Å². The quantitative estimate of drug-likeness (QED) is 0.343. The number of Topliss-reactive ketones (excluding diaryl/α,β-unsaturated/α-hetero) is 2. The average molecular weight is 629 g/mol. The largest absolute Gasteiger partial charge is 0.486 e. The fraction of sp³-hybridized carbons (Fsp3) is 0.700. The topological polar surface area (TPSA) is 76.6 Å². The molecule has 3 fully saturated rings. The number of pyridine rings is 1. The van der Waals surface area contributed by atoms with Crippen LogP contribution in [0.4, 0.5) is 0 Å². The van der Waals surface area contributed by atoms with E-state index in [0.717, 1.165) is 60.4 Å². The molecule has 2 aliphatic carbocycles. The number of carbonyl (C=O) groups excluding carboxylic acids is 3. The zero-order chi connectivity index (χ0) is 32.7. The second-order valence-electron chi connectivity index (χ2n) is 16.2. The van der Waals surface area contributed by atoms with Gasteiger partial charge in [-0.15, -0.1) is 0 Å². The normalized spacial score (nSPS) is 32.5. The van der Waals surface area contributed by atoms with Crippen molar-refractivity contribution < 1.29 is 19.1 Å². The Morgan fingerprint density at radius 3 is 2.43 bits per heavy atom. The van der Waals surface area contributed by atoms with E-state index in [1.54, 1.807) is 11.8 Å². The van der Waals surface area contributed by atoms with Gasteiger partial charge < -0.3 is 9.64 Å². The van der Waals surface area contributed by atoms with Gasteiger partial charge in [-0.05, 0) is 111 Å². The van der Waals surface area contributed by atoms with Crippen LogP contribution in [0.1, 0.15) is 117 Å². The molecule has 1 aromatic carbocycles. The van der Waals surface area contributed by atoms with Gasteiger partial charge in [-0.1, -0.05) is 53.5 Å². The van der Waals surface area contributed by atoms with E-state index in [-0.39, 0.29) is 35.9 Å². The van der Waals surface area contributed by atoms with Crippen molar-refractivity contribution in [3.05, 3.63) is 35.5 Å². The minimum absolute atomic E-state index is 0.00884. The Hall–Kier alpha value is -2.76. The van der Waals surface area contributed by atoms with Crippen LogP contribution in [0.2, 0.25) is 0 Å². The zero-order valence-corrected chi connectivity index (χ0v) is 29.1. The second kappa shape index (κ2) is 13.4. The summed E-state index contributed by atoms with van der Waals surface area (Å²) < 4.78 is 6.90. The molecule has 1 amide bonds. The predicted molar refractivity (Wildman–Crippen MR) is 183 cm³/mol. The molecule has 46 heavy (non-hydrogen) atoms. The van der Waals surface area contributed by atoms with Crippen molar-refractivity contribution >= 4 is 28.4 Å².